The van der Waals surface area contributed by atoms with Gasteiger partial charge in [0.15, 0.2) is 11.6 Å². The molecule has 0 bridgehead atoms. The first kappa shape index (κ1) is 22.6. The molecule has 36 heavy (non-hydrogen) atoms. The van der Waals surface area contributed by atoms with Crippen LogP contribution in [0.15, 0.2) is 53.1 Å². The van der Waals surface area contributed by atoms with E-state index in [9.17, 15) is 13.2 Å². The molecule has 0 aliphatic carbocycles. The predicted octanol–water partition coefficient (Wildman–Crippen LogP) is 2.23. The van der Waals surface area contributed by atoms with Gasteiger partial charge in [-0.25, -0.2) is 19.4 Å². The summed E-state index contributed by atoms with van der Waals surface area (Å²) in [7, 11) is -4.02. The predicted molar refractivity (Wildman–Crippen MR) is 132 cm³/mol. The fourth-order valence-electron chi connectivity index (χ4n) is 4.12. The first-order chi connectivity index (χ1) is 17.5. The highest BCUT2D eigenvalue weighted by Gasteiger charge is 2.26. The van der Waals surface area contributed by atoms with Crippen molar-refractivity contribution in [2.24, 2.45) is 0 Å². The molecule has 1 aromatic carbocycles. The van der Waals surface area contributed by atoms with Crippen molar-refractivity contribution >= 4 is 54.2 Å². The normalized spacial score (nSPS) is 14.5. The van der Waals surface area contributed by atoms with Gasteiger partial charge in [0.2, 0.25) is 0 Å². The number of aromatic amines is 1. The van der Waals surface area contributed by atoms with E-state index in [0.717, 1.165) is 38.0 Å². The number of rotatable bonds is 5. The van der Waals surface area contributed by atoms with Gasteiger partial charge >= 0.3 is 0 Å². The topological polar surface area (TPSA) is 155 Å². The molecular formula is C22H19N7O5S2. The van der Waals surface area contributed by atoms with Gasteiger partial charge in [-0.3, -0.25) is 15.1 Å². The number of fused-ring (bicyclic) bond motifs is 2. The minimum absolute atomic E-state index is 0.00600. The van der Waals surface area contributed by atoms with E-state index < -0.39 is 15.9 Å². The second-order valence-electron chi connectivity index (χ2n) is 8.06. The van der Waals surface area contributed by atoms with Crippen LogP contribution in [0.25, 0.3) is 32.5 Å². The Hall–Kier alpha value is -3.85. The molecule has 184 valence electrons. The molecule has 12 nitrogen and oxygen atoms in total. The Bertz CT molecular complexity index is 1720. The van der Waals surface area contributed by atoms with Gasteiger partial charge in [-0.1, -0.05) is 12.1 Å². The third-order valence-corrected chi connectivity index (χ3v) is 9.14. The Morgan fingerprint density at radius 1 is 1.19 bits per heavy atom. The smallest absolute Gasteiger partial charge is 0.277 e. The van der Waals surface area contributed by atoms with Crippen LogP contribution in [0.2, 0.25) is 0 Å². The molecule has 5 aromatic rings. The van der Waals surface area contributed by atoms with E-state index in [1.807, 2.05) is 18.2 Å². The number of benzene rings is 1. The van der Waals surface area contributed by atoms with Gasteiger partial charge in [-0.15, -0.1) is 11.3 Å². The molecule has 1 aliphatic heterocycles. The summed E-state index contributed by atoms with van der Waals surface area (Å²) in [6, 6.07) is 8.52. The Labute approximate surface area is 208 Å². The number of hydrogen-bond acceptors (Lipinski definition) is 10. The Kier molecular flexibility index (Phi) is 5.44. The second kappa shape index (κ2) is 8.67. The van der Waals surface area contributed by atoms with Gasteiger partial charge in [-0.05, 0) is 18.2 Å². The molecule has 0 saturated carbocycles. The van der Waals surface area contributed by atoms with E-state index in [1.165, 1.54) is 23.8 Å². The van der Waals surface area contributed by atoms with Crippen molar-refractivity contribution in [3.8, 4) is 11.4 Å². The average molecular weight is 526 g/mol. The lowest BCUT2D eigenvalue weighted by Gasteiger charge is -2.28. The van der Waals surface area contributed by atoms with Gasteiger partial charge in [0, 0.05) is 36.4 Å². The zero-order chi connectivity index (χ0) is 24.9. The van der Waals surface area contributed by atoms with Crippen molar-refractivity contribution in [3.63, 3.8) is 0 Å². The fourth-order valence-corrected chi connectivity index (χ4v) is 6.84. The lowest BCUT2D eigenvalue weighted by Crippen LogP contribution is -2.36. The summed E-state index contributed by atoms with van der Waals surface area (Å²) in [6.07, 6.45) is 4.11. The van der Waals surface area contributed by atoms with Crippen molar-refractivity contribution in [1.29, 1.82) is 0 Å². The van der Waals surface area contributed by atoms with Crippen LogP contribution in [0.3, 0.4) is 0 Å². The number of carbonyl (C=O) groups is 1. The molecule has 1 aliphatic rings. The fraction of sp³-hybridized carbons (Fsp3) is 0.182. The molecule has 6 rings (SSSR count). The summed E-state index contributed by atoms with van der Waals surface area (Å²) in [5, 5.41) is 16.8. The zero-order valence-corrected chi connectivity index (χ0v) is 20.2. The van der Waals surface area contributed by atoms with Crippen LogP contribution in [-0.4, -0.2) is 70.0 Å². The number of carbonyl (C=O) groups excluding carboxylic acids is 1. The van der Waals surface area contributed by atoms with Crippen molar-refractivity contribution < 1.29 is 23.2 Å². The van der Waals surface area contributed by atoms with Gasteiger partial charge in [0.05, 0.1) is 40.7 Å². The summed E-state index contributed by atoms with van der Waals surface area (Å²) >= 11 is 1.07. The van der Waals surface area contributed by atoms with Crippen molar-refractivity contribution in [2.75, 3.05) is 31.2 Å². The molecule has 0 unspecified atom stereocenters. The number of H-pyrrole nitrogens is 1. The number of anilines is 1. The molecule has 4 aromatic heterocycles. The third-order valence-electron chi connectivity index (χ3n) is 5.93. The van der Waals surface area contributed by atoms with E-state index >= 15 is 0 Å². The molecule has 5 heterocycles. The maximum atomic E-state index is 13.4. The van der Waals surface area contributed by atoms with Crippen LogP contribution in [0.5, 0.6) is 0 Å². The van der Waals surface area contributed by atoms with E-state index in [-0.39, 0.29) is 9.77 Å². The van der Waals surface area contributed by atoms with Crippen LogP contribution < -0.4 is 10.4 Å². The molecule has 1 amide bonds. The second-order valence-corrected chi connectivity index (χ2v) is 11.2. The summed E-state index contributed by atoms with van der Waals surface area (Å²) in [6.45, 7) is 2.29. The SMILES string of the molecule is O=C(NO)c1ccn(S(=O)(=O)c2cc3nc(-c4cccc5[nH]ncc45)nc(N4CCOCC4)c3s2)c1. The molecule has 1 fully saturated rings. The number of nitrogens with one attached hydrogen (secondary N) is 2. The van der Waals surface area contributed by atoms with Gasteiger partial charge in [-0.2, -0.15) is 13.5 Å². The number of ether oxygens (including phenoxy) is 1. The minimum atomic E-state index is -4.02. The van der Waals surface area contributed by atoms with Crippen LogP contribution in [-0.2, 0) is 14.8 Å². The van der Waals surface area contributed by atoms with Crippen molar-refractivity contribution in [3.05, 3.63) is 54.5 Å². The summed E-state index contributed by atoms with van der Waals surface area (Å²) in [5.41, 5.74) is 3.61. The molecule has 1 saturated heterocycles. The maximum Gasteiger partial charge on any atom is 0.277 e. The maximum absolute atomic E-state index is 13.4. The molecule has 0 radical (unpaired) electrons. The average Bonchev–Trinajstić information content (AvgIpc) is 3.67. The number of morpholine rings is 1. The van der Waals surface area contributed by atoms with Crippen LogP contribution in [0.4, 0.5) is 5.82 Å². The number of nitrogens with zero attached hydrogens (tertiary/aromatic N) is 5. The standard InChI is InChI=1S/C22H19N7O5S2/c30-22(27-31)13-4-5-29(12-13)36(32,33)18-10-17-19(35-18)21(28-6-8-34-9-7-28)25-20(24-17)14-2-1-3-16-15(14)11-23-26-16/h1-5,10-12,31H,6-9H2,(H,23,26)(H,27,30). The van der Waals surface area contributed by atoms with Crippen LogP contribution >= 0.6 is 11.3 Å². The number of aromatic nitrogens is 5. The van der Waals surface area contributed by atoms with E-state index in [2.05, 4.69) is 15.1 Å². The quantitative estimate of drug-likeness (QED) is 0.231. The Morgan fingerprint density at radius 2 is 2.03 bits per heavy atom. The molecule has 0 atom stereocenters. The van der Waals surface area contributed by atoms with Crippen LogP contribution in [0.1, 0.15) is 10.4 Å². The number of thiophene rings is 1. The Morgan fingerprint density at radius 3 is 2.83 bits per heavy atom. The number of hydrogen-bond donors (Lipinski definition) is 3. The lowest BCUT2D eigenvalue weighted by molar-refractivity contribution is 0.0706. The zero-order valence-electron chi connectivity index (χ0n) is 18.6. The highest BCUT2D eigenvalue weighted by Crippen LogP contribution is 2.38. The Balaban J connectivity index is 1.52. The highest BCUT2D eigenvalue weighted by molar-refractivity contribution is 7.92. The first-order valence-corrected chi connectivity index (χ1v) is 13.2. The highest BCUT2D eigenvalue weighted by atomic mass is 32.2. The van der Waals surface area contributed by atoms with Gasteiger partial charge in [0.1, 0.15) is 4.21 Å². The lowest BCUT2D eigenvalue weighted by atomic mass is 10.1. The molecular weight excluding hydrogens is 506 g/mol. The van der Waals surface area contributed by atoms with E-state index in [4.69, 9.17) is 19.9 Å². The number of amides is 1. The summed E-state index contributed by atoms with van der Waals surface area (Å²) < 4.78 is 33.9. The van der Waals surface area contributed by atoms with Crippen molar-refractivity contribution in [1.82, 2.24) is 29.6 Å². The van der Waals surface area contributed by atoms with Crippen LogP contribution in [0, 0.1) is 0 Å². The van der Waals surface area contributed by atoms with E-state index in [1.54, 1.807) is 6.20 Å². The number of hydroxylamine groups is 1. The molecule has 14 heteroatoms. The molecule has 3 N–H and O–H groups in total. The van der Waals surface area contributed by atoms with Gasteiger partial charge in [0.25, 0.3) is 15.9 Å². The summed E-state index contributed by atoms with van der Waals surface area (Å²) in [4.78, 5) is 23.4. The van der Waals surface area contributed by atoms with Crippen molar-refractivity contribution in [2.45, 2.75) is 4.21 Å². The monoisotopic (exact) mass is 525 g/mol. The van der Waals surface area contributed by atoms with E-state index in [0.29, 0.717) is 48.2 Å². The largest absolute Gasteiger partial charge is 0.378 e. The molecule has 0 spiro atoms. The summed E-state index contributed by atoms with van der Waals surface area (Å²) in [5.74, 6) is 0.289. The third kappa shape index (κ3) is 3.71. The van der Waals surface area contributed by atoms with Gasteiger partial charge < -0.3 is 9.64 Å². The minimum Gasteiger partial charge on any atom is -0.378 e. The first-order valence-electron chi connectivity index (χ1n) is 10.9.